The average molecular weight is 338 g/mol. The van der Waals surface area contributed by atoms with E-state index < -0.39 is 10.0 Å². The maximum atomic E-state index is 12.2. The molecule has 0 bridgehead atoms. The predicted octanol–water partition coefficient (Wildman–Crippen LogP) is 1.88. The van der Waals surface area contributed by atoms with E-state index in [1.165, 1.54) is 0 Å². The largest absolute Gasteiger partial charge is 0.271 e. The van der Waals surface area contributed by atoms with Crippen molar-refractivity contribution < 1.29 is 8.42 Å². The van der Waals surface area contributed by atoms with Crippen LogP contribution in [-0.2, 0) is 17.1 Å². The Morgan fingerprint density at radius 1 is 1.44 bits per heavy atom. The van der Waals surface area contributed by atoms with Gasteiger partial charge in [-0.3, -0.25) is 4.68 Å². The highest BCUT2D eigenvalue weighted by Crippen LogP contribution is 2.18. The SMILES string of the molecule is CCC(Br)CCNS(=O)(=O)c1c(C)nn(C)c1C. The number of nitrogens with one attached hydrogen (secondary N) is 1. The Morgan fingerprint density at radius 2 is 2.06 bits per heavy atom. The molecule has 18 heavy (non-hydrogen) atoms. The van der Waals surface area contributed by atoms with Crippen molar-refractivity contribution in [2.24, 2.45) is 7.05 Å². The number of hydrogen-bond donors (Lipinski definition) is 1. The molecule has 1 atom stereocenters. The van der Waals surface area contributed by atoms with Crippen LogP contribution >= 0.6 is 15.9 Å². The highest BCUT2D eigenvalue weighted by atomic mass is 79.9. The van der Waals surface area contributed by atoms with E-state index in [-0.39, 0.29) is 0 Å². The van der Waals surface area contributed by atoms with Crippen molar-refractivity contribution in [1.82, 2.24) is 14.5 Å². The monoisotopic (exact) mass is 337 g/mol. The molecule has 0 saturated carbocycles. The van der Waals surface area contributed by atoms with Crippen LogP contribution in [0.4, 0.5) is 0 Å². The summed E-state index contributed by atoms with van der Waals surface area (Å²) in [4.78, 5) is 0.643. The standard InChI is InChI=1S/C11H20BrN3O2S/c1-5-10(12)6-7-13-18(16,17)11-8(2)14-15(4)9(11)3/h10,13H,5-7H2,1-4H3. The summed E-state index contributed by atoms with van der Waals surface area (Å²) in [5.74, 6) is 0. The van der Waals surface area contributed by atoms with Gasteiger partial charge in [-0.15, -0.1) is 0 Å². The molecule has 0 saturated heterocycles. The second kappa shape index (κ2) is 6.16. The van der Waals surface area contributed by atoms with Crippen LogP contribution in [0.2, 0.25) is 0 Å². The Balaban J connectivity index is 2.81. The maximum Gasteiger partial charge on any atom is 0.244 e. The van der Waals surface area contributed by atoms with Crippen molar-refractivity contribution in [3.05, 3.63) is 11.4 Å². The van der Waals surface area contributed by atoms with Crippen molar-refractivity contribution >= 4 is 26.0 Å². The molecule has 0 aliphatic carbocycles. The van der Waals surface area contributed by atoms with Crippen molar-refractivity contribution in [3.8, 4) is 0 Å². The highest BCUT2D eigenvalue weighted by Gasteiger charge is 2.23. The van der Waals surface area contributed by atoms with E-state index in [0.29, 0.717) is 27.7 Å². The lowest BCUT2D eigenvalue weighted by Crippen LogP contribution is -2.27. The fourth-order valence-corrected chi connectivity index (χ4v) is 3.48. The Labute approximate surface area is 117 Å². The summed E-state index contributed by atoms with van der Waals surface area (Å²) >= 11 is 3.48. The third kappa shape index (κ3) is 3.55. The van der Waals surface area contributed by atoms with Gasteiger partial charge in [-0.2, -0.15) is 5.10 Å². The normalized spacial score (nSPS) is 13.8. The van der Waals surface area contributed by atoms with E-state index in [9.17, 15) is 8.42 Å². The molecule has 1 aromatic heterocycles. The summed E-state index contributed by atoms with van der Waals surface area (Å²) < 4.78 is 28.6. The number of hydrogen-bond acceptors (Lipinski definition) is 3. The Hall–Kier alpha value is -0.400. The van der Waals surface area contributed by atoms with Crippen LogP contribution in [0.5, 0.6) is 0 Å². The van der Waals surface area contributed by atoms with E-state index in [2.05, 4.69) is 32.7 Å². The van der Waals surface area contributed by atoms with Crippen LogP contribution in [0, 0.1) is 13.8 Å². The number of alkyl halides is 1. The van der Waals surface area contributed by atoms with E-state index >= 15 is 0 Å². The molecule has 1 rings (SSSR count). The zero-order chi connectivity index (χ0) is 13.9. The molecular formula is C11H20BrN3O2S. The summed E-state index contributed by atoms with van der Waals surface area (Å²) in [6, 6.07) is 0. The molecule has 0 aromatic carbocycles. The van der Waals surface area contributed by atoms with Gasteiger partial charge in [0.1, 0.15) is 4.90 Å². The van der Waals surface area contributed by atoms with Gasteiger partial charge in [0, 0.05) is 18.4 Å². The molecule has 0 fully saturated rings. The molecular weight excluding hydrogens is 318 g/mol. The topological polar surface area (TPSA) is 64.0 Å². The minimum absolute atomic E-state index is 0.299. The lowest BCUT2D eigenvalue weighted by molar-refractivity contribution is 0.576. The summed E-state index contributed by atoms with van der Waals surface area (Å²) in [5, 5.41) is 4.12. The van der Waals surface area contributed by atoms with Gasteiger partial charge in [0.25, 0.3) is 0 Å². The van der Waals surface area contributed by atoms with Crippen LogP contribution in [0.25, 0.3) is 0 Å². The fourth-order valence-electron chi connectivity index (χ4n) is 1.77. The first kappa shape index (κ1) is 15.7. The predicted molar refractivity (Wildman–Crippen MR) is 75.5 cm³/mol. The molecule has 0 aliphatic heterocycles. The average Bonchev–Trinajstić information content (AvgIpc) is 2.52. The van der Waals surface area contributed by atoms with Crippen LogP contribution in [0.15, 0.2) is 4.90 Å². The van der Waals surface area contributed by atoms with E-state index in [1.54, 1.807) is 25.6 Å². The molecule has 1 heterocycles. The number of aryl methyl sites for hydroxylation is 2. The van der Waals surface area contributed by atoms with Gasteiger partial charge in [0.15, 0.2) is 0 Å². The molecule has 0 radical (unpaired) electrons. The number of nitrogens with zero attached hydrogens (tertiary/aromatic N) is 2. The third-order valence-corrected chi connectivity index (χ3v) is 5.72. The van der Waals surface area contributed by atoms with Gasteiger partial charge in [-0.05, 0) is 26.7 Å². The van der Waals surface area contributed by atoms with Gasteiger partial charge in [-0.1, -0.05) is 22.9 Å². The minimum Gasteiger partial charge on any atom is -0.271 e. The van der Waals surface area contributed by atoms with Gasteiger partial charge in [0.05, 0.1) is 11.4 Å². The second-order valence-electron chi connectivity index (χ2n) is 4.32. The molecule has 1 aromatic rings. The molecule has 104 valence electrons. The van der Waals surface area contributed by atoms with Crippen molar-refractivity contribution in [3.63, 3.8) is 0 Å². The summed E-state index contributed by atoms with van der Waals surface area (Å²) in [6.07, 6.45) is 1.75. The zero-order valence-electron chi connectivity index (χ0n) is 11.2. The van der Waals surface area contributed by atoms with Gasteiger partial charge < -0.3 is 0 Å². The van der Waals surface area contributed by atoms with E-state index in [4.69, 9.17) is 0 Å². The van der Waals surface area contributed by atoms with E-state index in [0.717, 1.165) is 12.8 Å². The molecule has 7 heteroatoms. The zero-order valence-corrected chi connectivity index (χ0v) is 13.6. The first-order valence-electron chi connectivity index (χ1n) is 5.93. The highest BCUT2D eigenvalue weighted by molar-refractivity contribution is 9.09. The Kier molecular flexibility index (Phi) is 5.36. The van der Waals surface area contributed by atoms with Crippen molar-refractivity contribution in [2.75, 3.05) is 6.54 Å². The van der Waals surface area contributed by atoms with Crippen LogP contribution < -0.4 is 4.72 Å². The smallest absolute Gasteiger partial charge is 0.244 e. The van der Waals surface area contributed by atoms with E-state index in [1.807, 2.05) is 0 Å². The number of halogens is 1. The molecule has 5 nitrogen and oxygen atoms in total. The minimum atomic E-state index is -3.46. The van der Waals surface area contributed by atoms with Crippen LogP contribution in [0.1, 0.15) is 31.2 Å². The fraction of sp³-hybridized carbons (Fsp3) is 0.727. The van der Waals surface area contributed by atoms with Crippen molar-refractivity contribution in [1.29, 1.82) is 0 Å². The first-order chi connectivity index (χ1) is 8.29. The third-order valence-electron chi connectivity index (χ3n) is 2.90. The number of sulfonamides is 1. The molecule has 1 unspecified atom stereocenters. The molecule has 0 spiro atoms. The first-order valence-corrected chi connectivity index (χ1v) is 8.33. The maximum absolute atomic E-state index is 12.2. The number of aromatic nitrogens is 2. The molecule has 1 N–H and O–H groups in total. The van der Waals surface area contributed by atoms with Gasteiger partial charge in [-0.25, -0.2) is 13.1 Å². The van der Waals surface area contributed by atoms with Crippen LogP contribution in [-0.4, -0.2) is 29.6 Å². The Bertz CT molecular complexity index is 511. The second-order valence-corrected chi connectivity index (χ2v) is 7.31. The summed E-state index contributed by atoms with van der Waals surface area (Å²) in [6.45, 7) is 5.96. The lowest BCUT2D eigenvalue weighted by Gasteiger charge is -2.09. The van der Waals surface area contributed by atoms with Crippen LogP contribution in [0.3, 0.4) is 0 Å². The quantitative estimate of drug-likeness (QED) is 0.806. The van der Waals surface area contributed by atoms with Gasteiger partial charge in [0.2, 0.25) is 10.0 Å². The molecule has 0 aliphatic rings. The summed E-state index contributed by atoms with van der Waals surface area (Å²) in [5.41, 5.74) is 1.19. The lowest BCUT2D eigenvalue weighted by atomic mass is 10.2. The molecule has 0 amide bonds. The number of rotatable bonds is 6. The van der Waals surface area contributed by atoms with Crippen molar-refractivity contribution in [2.45, 2.75) is 43.3 Å². The van der Waals surface area contributed by atoms with Gasteiger partial charge >= 0.3 is 0 Å². The summed E-state index contributed by atoms with van der Waals surface area (Å²) in [7, 11) is -1.72. The Morgan fingerprint density at radius 3 is 2.50 bits per heavy atom.